The van der Waals surface area contributed by atoms with Crippen LogP contribution in [-0.2, 0) is 21.5 Å². The normalized spacial score (nSPS) is 16.7. The van der Waals surface area contributed by atoms with Gasteiger partial charge in [-0.25, -0.2) is 4.98 Å². The first-order valence-electron chi connectivity index (χ1n) is 11.0. The van der Waals surface area contributed by atoms with E-state index in [1.54, 1.807) is 13.2 Å². The van der Waals surface area contributed by atoms with Crippen molar-refractivity contribution in [3.8, 4) is 5.75 Å². The van der Waals surface area contributed by atoms with Gasteiger partial charge in [-0.2, -0.15) is 0 Å². The first-order valence-corrected chi connectivity index (χ1v) is 11.7. The number of hydrogen-bond acceptors (Lipinski definition) is 5. The molecule has 0 N–H and O–H groups in total. The summed E-state index contributed by atoms with van der Waals surface area (Å²) in [5.74, 6) is 1.34. The Balaban J connectivity index is 1.65. The number of aryl methyl sites for hydroxylation is 1. The van der Waals surface area contributed by atoms with Gasteiger partial charge >= 0.3 is 5.97 Å². The quantitative estimate of drug-likeness (QED) is 0.418. The minimum absolute atomic E-state index is 0.149. The number of imidazole rings is 1. The first-order chi connectivity index (χ1) is 15.5. The molecule has 5 rings (SSSR count). The van der Waals surface area contributed by atoms with Crippen LogP contribution in [0.5, 0.6) is 5.75 Å². The molecule has 168 valence electrons. The topological polar surface area (TPSA) is 56.6 Å². The van der Waals surface area contributed by atoms with E-state index in [-0.39, 0.29) is 5.97 Å². The van der Waals surface area contributed by atoms with Crippen LogP contribution in [0.25, 0.3) is 11.0 Å². The molecule has 2 heterocycles. The fourth-order valence-corrected chi connectivity index (χ4v) is 5.06. The Hall–Kier alpha value is -2.44. The number of benzene rings is 2. The minimum Gasteiger partial charge on any atom is -0.497 e. The first kappa shape index (κ1) is 21.4. The van der Waals surface area contributed by atoms with Crippen LogP contribution in [0.3, 0.4) is 0 Å². The number of fused-ring (bicyclic) bond motifs is 3. The molecule has 0 spiro atoms. The van der Waals surface area contributed by atoms with E-state index in [4.69, 9.17) is 37.7 Å². The third kappa shape index (κ3) is 3.32. The fourth-order valence-electron chi connectivity index (χ4n) is 4.59. The van der Waals surface area contributed by atoms with Crippen LogP contribution in [-0.4, -0.2) is 35.8 Å². The molecular weight excluding hydrogens is 449 g/mol. The molecule has 0 saturated heterocycles. The zero-order valence-electron chi connectivity index (χ0n) is 18.2. The number of halogens is 2. The van der Waals surface area contributed by atoms with Crippen LogP contribution in [0, 0.1) is 0 Å². The molecule has 1 aliphatic heterocycles. The van der Waals surface area contributed by atoms with Gasteiger partial charge in [-0.15, -0.1) is 0 Å². The molecule has 1 saturated carbocycles. The van der Waals surface area contributed by atoms with E-state index in [1.165, 1.54) is 0 Å². The zero-order chi connectivity index (χ0) is 22.5. The second-order valence-electron chi connectivity index (χ2n) is 8.40. The second kappa shape index (κ2) is 8.16. The van der Waals surface area contributed by atoms with Gasteiger partial charge in [0.05, 0.1) is 40.4 Å². The van der Waals surface area contributed by atoms with E-state index in [2.05, 4.69) is 9.47 Å². The largest absolute Gasteiger partial charge is 0.497 e. The third-order valence-electron chi connectivity index (χ3n) is 6.37. The summed E-state index contributed by atoms with van der Waals surface area (Å²) in [5, 5.41) is 1.17. The number of ether oxygens (including phenoxy) is 2. The highest BCUT2D eigenvalue weighted by atomic mass is 35.5. The Morgan fingerprint density at radius 2 is 1.97 bits per heavy atom. The predicted molar refractivity (Wildman–Crippen MR) is 127 cm³/mol. The maximum atomic E-state index is 13.0. The molecule has 2 aliphatic rings. The van der Waals surface area contributed by atoms with Crippen molar-refractivity contribution < 1.29 is 14.3 Å². The molecule has 0 amide bonds. The lowest BCUT2D eigenvalue weighted by atomic mass is 9.94. The van der Waals surface area contributed by atoms with Crippen molar-refractivity contribution in [2.24, 2.45) is 0 Å². The molecule has 1 aliphatic carbocycles. The average Bonchev–Trinajstić information content (AvgIpc) is 3.51. The molecule has 0 radical (unpaired) electrons. The lowest BCUT2D eigenvalue weighted by molar-refractivity contribution is -0.146. The highest BCUT2D eigenvalue weighted by Gasteiger charge is 2.54. The number of methoxy groups -OCH3 is 1. The number of rotatable bonds is 6. The average molecular weight is 474 g/mol. The zero-order valence-corrected chi connectivity index (χ0v) is 19.7. The molecule has 0 unspecified atom stereocenters. The summed E-state index contributed by atoms with van der Waals surface area (Å²) >= 11 is 13.2. The van der Waals surface area contributed by atoms with Crippen molar-refractivity contribution >= 4 is 51.8 Å². The van der Waals surface area contributed by atoms with E-state index in [9.17, 15) is 4.79 Å². The monoisotopic (exact) mass is 473 g/mol. The standard InChI is InChI=1S/C24H25Cl2N3O3/c1-3-13-32-22(30)24(9-10-24)16-6-7-17(25)20-21(16)29-12-4-11-28(23(29)27-20)19-8-5-15(31-2)14-18(19)26/h5-8,14H,3-4,9-13H2,1-2H3. The number of nitrogens with zero attached hydrogens (tertiary/aromatic N) is 3. The number of carbonyl (C=O) groups is 1. The van der Waals surface area contributed by atoms with Crippen LogP contribution in [0.1, 0.15) is 38.2 Å². The van der Waals surface area contributed by atoms with Gasteiger partial charge in [0.15, 0.2) is 0 Å². The number of hydrogen-bond donors (Lipinski definition) is 0. The Morgan fingerprint density at radius 1 is 1.16 bits per heavy atom. The van der Waals surface area contributed by atoms with Crippen LogP contribution in [0.2, 0.25) is 10.0 Å². The lowest BCUT2D eigenvalue weighted by Gasteiger charge is -2.30. The van der Waals surface area contributed by atoms with E-state index < -0.39 is 5.41 Å². The number of anilines is 2. The highest BCUT2D eigenvalue weighted by Crippen LogP contribution is 2.53. The molecule has 0 atom stereocenters. The molecule has 2 aromatic carbocycles. The van der Waals surface area contributed by atoms with Gasteiger partial charge in [0.1, 0.15) is 11.3 Å². The van der Waals surface area contributed by atoms with Crippen molar-refractivity contribution in [1.82, 2.24) is 9.55 Å². The van der Waals surface area contributed by atoms with Crippen molar-refractivity contribution in [2.75, 3.05) is 25.2 Å². The van der Waals surface area contributed by atoms with E-state index in [1.807, 2.05) is 31.2 Å². The van der Waals surface area contributed by atoms with Crippen LogP contribution >= 0.6 is 23.2 Å². The maximum Gasteiger partial charge on any atom is 0.316 e. The molecule has 32 heavy (non-hydrogen) atoms. The second-order valence-corrected chi connectivity index (χ2v) is 9.21. The van der Waals surface area contributed by atoms with Crippen molar-refractivity contribution in [3.05, 3.63) is 45.9 Å². The van der Waals surface area contributed by atoms with Crippen molar-refractivity contribution in [2.45, 2.75) is 44.6 Å². The van der Waals surface area contributed by atoms with Crippen molar-refractivity contribution in [3.63, 3.8) is 0 Å². The smallest absolute Gasteiger partial charge is 0.316 e. The predicted octanol–water partition coefficient (Wildman–Crippen LogP) is 5.88. The molecule has 1 aromatic heterocycles. The van der Waals surface area contributed by atoms with Crippen molar-refractivity contribution in [1.29, 1.82) is 0 Å². The van der Waals surface area contributed by atoms with Crippen LogP contribution in [0.15, 0.2) is 30.3 Å². The molecular formula is C24H25Cl2N3O3. The summed E-state index contributed by atoms with van der Waals surface area (Å²) in [4.78, 5) is 20.0. The number of carbonyl (C=O) groups excluding carboxylic acids is 1. The summed E-state index contributed by atoms with van der Waals surface area (Å²) < 4.78 is 13.0. The van der Waals surface area contributed by atoms with E-state index in [0.29, 0.717) is 27.9 Å². The van der Waals surface area contributed by atoms with Crippen LogP contribution in [0.4, 0.5) is 11.6 Å². The summed E-state index contributed by atoms with van der Waals surface area (Å²) in [5.41, 5.74) is 2.86. The van der Waals surface area contributed by atoms with Gasteiger partial charge in [0.25, 0.3) is 0 Å². The van der Waals surface area contributed by atoms with E-state index >= 15 is 0 Å². The molecule has 8 heteroatoms. The van der Waals surface area contributed by atoms with Gasteiger partial charge in [0, 0.05) is 19.2 Å². The Bertz CT molecular complexity index is 1200. The lowest BCUT2D eigenvalue weighted by Crippen LogP contribution is -2.29. The SMILES string of the molecule is CCCOC(=O)C1(c2ccc(Cl)c3nc4n(c23)CCCN4c2ccc(OC)cc2Cl)CC1. The Kier molecular flexibility index (Phi) is 5.46. The molecule has 1 fully saturated rings. The minimum atomic E-state index is -0.602. The van der Waals surface area contributed by atoms with Gasteiger partial charge in [-0.1, -0.05) is 36.2 Å². The Morgan fingerprint density at radius 3 is 2.66 bits per heavy atom. The van der Waals surface area contributed by atoms with Gasteiger partial charge in [-0.3, -0.25) is 4.79 Å². The number of aromatic nitrogens is 2. The van der Waals surface area contributed by atoms with Gasteiger partial charge in [-0.05, 0) is 49.4 Å². The molecule has 3 aromatic rings. The summed E-state index contributed by atoms with van der Waals surface area (Å²) in [7, 11) is 1.62. The molecule has 0 bridgehead atoms. The summed E-state index contributed by atoms with van der Waals surface area (Å²) in [6.07, 6.45) is 3.28. The fraction of sp³-hybridized carbons (Fsp3) is 0.417. The summed E-state index contributed by atoms with van der Waals surface area (Å²) in [6.45, 7) is 4.01. The number of esters is 1. The van der Waals surface area contributed by atoms with Gasteiger partial charge in [0.2, 0.25) is 5.95 Å². The third-order valence-corrected chi connectivity index (χ3v) is 6.98. The Labute approximate surface area is 197 Å². The van der Waals surface area contributed by atoms with Crippen LogP contribution < -0.4 is 9.64 Å². The maximum absolute atomic E-state index is 13.0. The molecule has 6 nitrogen and oxygen atoms in total. The highest BCUT2D eigenvalue weighted by molar-refractivity contribution is 6.35. The van der Waals surface area contributed by atoms with E-state index in [0.717, 1.165) is 61.5 Å². The van der Waals surface area contributed by atoms with Gasteiger partial charge < -0.3 is 18.9 Å². The summed E-state index contributed by atoms with van der Waals surface area (Å²) in [6, 6.07) is 9.46.